The summed E-state index contributed by atoms with van der Waals surface area (Å²) in [6.45, 7) is 1.69. The predicted octanol–water partition coefficient (Wildman–Crippen LogP) is 1.87. The monoisotopic (exact) mass is 285 g/mol. The summed E-state index contributed by atoms with van der Waals surface area (Å²) in [6, 6.07) is 4.08. The van der Waals surface area contributed by atoms with Crippen LogP contribution in [0.4, 0.5) is 0 Å². The normalized spacial score (nSPS) is 11.7. The fourth-order valence-corrected chi connectivity index (χ4v) is 1.84. The Morgan fingerprint density at radius 2 is 2.16 bits per heavy atom. The lowest BCUT2D eigenvalue weighted by Gasteiger charge is -2.13. The number of benzene rings is 1. The number of rotatable bonds is 6. The van der Waals surface area contributed by atoms with E-state index >= 15 is 0 Å². The van der Waals surface area contributed by atoms with Gasteiger partial charge in [-0.05, 0) is 24.6 Å². The molecule has 0 fully saturated rings. The van der Waals surface area contributed by atoms with Gasteiger partial charge in [-0.25, -0.2) is 4.79 Å². The van der Waals surface area contributed by atoms with Gasteiger partial charge in [-0.15, -0.1) is 0 Å². The maximum atomic E-state index is 11.8. The summed E-state index contributed by atoms with van der Waals surface area (Å²) in [4.78, 5) is 22.6. The molecule has 0 heterocycles. The van der Waals surface area contributed by atoms with Gasteiger partial charge in [0.2, 0.25) is 5.91 Å². The summed E-state index contributed by atoms with van der Waals surface area (Å²) < 4.78 is 5.13. The van der Waals surface area contributed by atoms with E-state index in [0.717, 1.165) is 0 Å². The van der Waals surface area contributed by atoms with E-state index in [9.17, 15) is 9.59 Å². The van der Waals surface area contributed by atoms with Crippen LogP contribution in [0.5, 0.6) is 5.75 Å². The fourth-order valence-electron chi connectivity index (χ4n) is 1.64. The second-order valence-electron chi connectivity index (χ2n) is 4.00. The first-order valence-electron chi connectivity index (χ1n) is 5.82. The quantitative estimate of drug-likeness (QED) is 0.837. The van der Waals surface area contributed by atoms with Gasteiger partial charge in [-0.1, -0.05) is 18.5 Å². The zero-order valence-electron chi connectivity index (χ0n) is 10.8. The zero-order chi connectivity index (χ0) is 14.4. The number of hydrogen-bond donors (Lipinski definition) is 2. The molecule has 1 amide bonds. The molecule has 0 spiro atoms. The van der Waals surface area contributed by atoms with E-state index in [2.05, 4.69) is 5.32 Å². The number of carboxylic acids is 1. The molecule has 0 aliphatic carbocycles. The Labute approximate surface area is 116 Å². The van der Waals surface area contributed by atoms with Crippen molar-refractivity contribution in [1.29, 1.82) is 0 Å². The molecular weight excluding hydrogens is 270 g/mol. The highest BCUT2D eigenvalue weighted by Gasteiger charge is 2.18. The van der Waals surface area contributed by atoms with Gasteiger partial charge in [0, 0.05) is 10.6 Å². The minimum atomic E-state index is -1.05. The standard InChI is InChI=1S/C13H16ClNO4/c1-3-10(13(17)18)15-12(16)7-8-6-9(14)4-5-11(8)19-2/h4-6,10H,3,7H2,1-2H3,(H,15,16)(H,17,18)/t10-/m0/s1. The summed E-state index contributed by atoms with van der Waals surface area (Å²) in [5.41, 5.74) is 0.618. The third kappa shape index (κ3) is 4.44. The van der Waals surface area contributed by atoms with Crippen molar-refractivity contribution in [2.24, 2.45) is 0 Å². The summed E-state index contributed by atoms with van der Waals surface area (Å²) in [6.07, 6.45) is 0.348. The Morgan fingerprint density at radius 1 is 1.47 bits per heavy atom. The number of halogens is 1. The SMILES string of the molecule is CC[C@H](NC(=O)Cc1cc(Cl)ccc1OC)C(=O)O. The molecule has 5 nitrogen and oxygen atoms in total. The molecule has 19 heavy (non-hydrogen) atoms. The third-order valence-corrected chi connectivity index (χ3v) is 2.87. The number of carbonyl (C=O) groups is 2. The van der Waals surface area contributed by atoms with Crippen LogP contribution in [0, 0.1) is 0 Å². The van der Waals surface area contributed by atoms with E-state index in [1.54, 1.807) is 25.1 Å². The molecule has 1 aromatic carbocycles. The molecule has 0 saturated carbocycles. The molecule has 1 atom stereocenters. The Hall–Kier alpha value is -1.75. The van der Waals surface area contributed by atoms with Crippen LogP contribution in [0.15, 0.2) is 18.2 Å². The van der Waals surface area contributed by atoms with Crippen molar-refractivity contribution in [3.05, 3.63) is 28.8 Å². The molecule has 0 unspecified atom stereocenters. The van der Waals surface area contributed by atoms with E-state index in [4.69, 9.17) is 21.4 Å². The zero-order valence-corrected chi connectivity index (χ0v) is 11.5. The van der Waals surface area contributed by atoms with Gasteiger partial charge in [-0.2, -0.15) is 0 Å². The van der Waals surface area contributed by atoms with E-state index in [0.29, 0.717) is 22.8 Å². The van der Waals surface area contributed by atoms with Crippen molar-refractivity contribution in [3.63, 3.8) is 0 Å². The highest BCUT2D eigenvalue weighted by Crippen LogP contribution is 2.23. The van der Waals surface area contributed by atoms with Gasteiger partial charge in [0.05, 0.1) is 13.5 Å². The summed E-state index contributed by atoms with van der Waals surface area (Å²) in [5.74, 6) is -0.883. The summed E-state index contributed by atoms with van der Waals surface area (Å²) in [7, 11) is 1.50. The molecule has 0 aromatic heterocycles. The Kier molecular flexibility index (Phi) is 5.63. The van der Waals surface area contributed by atoms with Crippen LogP contribution in [0.2, 0.25) is 5.02 Å². The number of methoxy groups -OCH3 is 1. The third-order valence-electron chi connectivity index (χ3n) is 2.64. The van der Waals surface area contributed by atoms with Crippen LogP contribution < -0.4 is 10.1 Å². The van der Waals surface area contributed by atoms with E-state index in [1.807, 2.05) is 0 Å². The van der Waals surface area contributed by atoms with Crippen LogP contribution in [0.3, 0.4) is 0 Å². The Balaban J connectivity index is 2.76. The first kappa shape index (κ1) is 15.3. The molecule has 1 aromatic rings. The molecule has 0 aliphatic heterocycles. The lowest BCUT2D eigenvalue weighted by molar-refractivity contribution is -0.141. The molecule has 0 radical (unpaired) electrons. The van der Waals surface area contributed by atoms with Crippen molar-refractivity contribution in [3.8, 4) is 5.75 Å². The molecular formula is C13H16ClNO4. The van der Waals surface area contributed by atoms with Crippen molar-refractivity contribution >= 4 is 23.5 Å². The van der Waals surface area contributed by atoms with Crippen LogP contribution in [0.25, 0.3) is 0 Å². The van der Waals surface area contributed by atoms with Gasteiger partial charge < -0.3 is 15.2 Å². The number of amides is 1. The smallest absolute Gasteiger partial charge is 0.326 e. The molecule has 0 saturated heterocycles. The second kappa shape index (κ2) is 6.99. The first-order valence-corrected chi connectivity index (χ1v) is 6.20. The molecule has 1 rings (SSSR count). The summed E-state index contributed by atoms with van der Waals surface area (Å²) >= 11 is 5.86. The molecule has 6 heteroatoms. The van der Waals surface area contributed by atoms with Crippen molar-refractivity contribution in [2.75, 3.05) is 7.11 Å². The lowest BCUT2D eigenvalue weighted by atomic mass is 10.1. The van der Waals surface area contributed by atoms with Gasteiger partial charge >= 0.3 is 5.97 Å². The highest BCUT2D eigenvalue weighted by molar-refractivity contribution is 6.30. The van der Waals surface area contributed by atoms with E-state index in [-0.39, 0.29) is 12.3 Å². The molecule has 0 bridgehead atoms. The van der Waals surface area contributed by atoms with Crippen molar-refractivity contribution in [2.45, 2.75) is 25.8 Å². The van der Waals surface area contributed by atoms with Crippen LogP contribution in [0.1, 0.15) is 18.9 Å². The minimum Gasteiger partial charge on any atom is -0.496 e. The number of carboxylic acid groups (broad SMARTS) is 1. The Morgan fingerprint density at radius 3 is 2.68 bits per heavy atom. The van der Waals surface area contributed by atoms with Gasteiger partial charge in [0.25, 0.3) is 0 Å². The highest BCUT2D eigenvalue weighted by atomic mass is 35.5. The largest absolute Gasteiger partial charge is 0.496 e. The van der Waals surface area contributed by atoms with Crippen LogP contribution in [-0.2, 0) is 16.0 Å². The Bertz CT molecular complexity index is 476. The van der Waals surface area contributed by atoms with Crippen molar-refractivity contribution in [1.82, 2.24) is 5.32 Å². The molecule has 2 N–H and O–H groups in total. The molecule has 0 aliphatic rings. The number of nitrogens with one attached hydrogen (secondary N) is 1. The van der Waals surface area contributed by atoms with Crippen molar-refractivity contribution < 1.29 is 19.4 Å². The number of carbonyl (C=O) groups excluding carboxylic acids is 1. The maximum Gasteiger partial charge on any atom is 0.326 e. The number of ether oxygens (including phenoxy) is 1. The average molecular weight is 286 g/mol. The summed E-state index contributed by atoms with van der Waals surface area (Å²) in [5, 5.41) is 11.8. The van der Waals surface area contributed by atoms with Gasteiger partial charge in [0.1, 0.15) is 11.8 Å². The van der Waals surface area contributed by atoms with Gasteiger partial charge in [0.15, 0.2) is 0 Å². The topological polar surface area (TPSA) is 75.6 Å². The van der Waals surface area contributed by atoms with Gasteiger partial charge in [-0.3, -0.25) is 4.79 Å². The second-order valence-corrected chi connectivity index (χ2v) is 4.44. The minimum absolute atomic E-state index is 0.0213. The van der Waals surface area contributed by atoms with E-state index < -0.39 is 12.0 Å². The predicted molar refractivity (Wildman–Crippen MR) is 71.6 cm³/mol. The molecule has 104 valence electrons. The first-order chi connectivity index (χ1) is 8.97. The lowest BCUT2D eigenvalue weighted by Crippen LogP contribution is -2.41. The van der Waals surface area contributed by atoms with Crippen LogP contribution >= 0.6 is 11.6 Å². The average Bonchev–Trinajstić information content (AvgIpc) is 2.35. The van der Waals surface area contributed by atoms with Crippen LogP contribution in [-0.4, -0.2) is 30.1 Å². The number of hydrogen-bond acceptors (Lipinski definition) is 3. The number of aliphatic carboxylic acids is 1. The maximum absolute atomic E-state index is 11.8. The van der Waals surface area contributed by atoms with E-state index in [1.165, 1.54) is 7.11 Å². The fraction of sp³-hybridized carbons (Fsp3) is 0.385.